The van der Waals surface area contributed by atoms with E-state index in [0.29, 0.717) is 31.4 Å². The van der Waals surface area contributed by atoms with E-state index in [9.17, 15) is 9.90 Å². The number of hydrogen-bond acceptors (Lipinski definition) is 4. The van der Waals surface area contributed by atoms with E-state index in [0.717, 1.165) is 11.3 Å². The number of furan rings is 1. The van der Waals surface area contributed by atoms with E-state index in [2.05, 4.69) is 20.9 Å². The smallest absolute Gasteiger partial charge is 0.225 e. The lowest BCUT2D eigenvalue weighted by Crippen LogP contribution is -2.44. The van der Waals surface area contributed by atoms with Crippen LogP contribution in [0, 0.1) is 19.3 Å². The number of carbonyl (C=O) groups is 1. The van der Waals surface area contributed by atoms with Gasteiger partial charge in [0.15, 0.2) is 5.96 Å². The number of rotatable bonds is 7. The minimum Gasteiger partial charge on any atom is -0.466 e. The Kier molecular flexibility index (Phi) is 7.68. The van der Waals surface area contributed by atoms with Crippen LogP contribution in [0.4, 0.5) is 0 Å². The second kappa shape index (κ2) is 9.07. The Morgan fingerprint density at radius 1 is 1.15 bits per heavy atom. The molecule has 26 heavy (non-hydrogen) atoms. The molecule has 0 spiro atoms. The molecule has 0 bridgehead atoms. The Morgan fingerprint density at radius 2 is 1.77 bits per heavy atom. The summed E-state index contributed by atoms with van der Waals surface area (Å²) in [5.41, 5.74) is -0.783. The lowest BCUT2D eigenvalue weighted by Gasteiger charge is -2.22. The molecule has 0 aliphatic rings. The Balaban J connectivity index is 2.63. The number of carbonyl (C=O) groups excluding carboxylic acids is 1. The predicted octanol–water partition coefficient (Wildman–Crippen LogP) is 1.82. The molecule has 0 aliphatic heterocycles. The summed E-state index contributed by atoms with van der Waals surface area (Å²) in [7, 11) is 0. The SMILES string of the molecule is CCNC(=NCC(C)(O)c1cc(C)oc1C)NCCNC(=O)C(C)(C)C. The van der Waals surface area contributed by atoms with Crippen molar-refractivity contribution in [2.75, 3.05) is 26.2 Å². The molecule has 0 fully saturated rings. The second-order valence-corrected chi connectivity index (χ2v) is 7.73. The van der Waals surface area contributed by atoms with Crippen LogP contribution in [0.15, 0.2) is 15.5 Å². The van der Waals surface area contributed by atoms with Gasteiger partial charge in [0.25, 0.3) is 0 Å². The van der Waals surface area contributed by atoms with Crippen LogP contribution in [0.1, 0.15) is 51.7 Å². The van der Waals surface area contributed by atoms with Gasteiger partial charge < -0.3 is 25.5 Å². The zero-order valence-corrected chi connectivity index (χ0v) is 17.1. The molecule has 1 amide bonds. The minimum absolute atomic E-state index is 0.00924. The highest BCUT2D eigenvalue weighted by atomic mass is 16.3. The van der Waals surface area contributed by atoms with Gasteiger partial charge >= 0.3 is 0 Å². The Morgan fingerprint density at radius 3 is 2.27 bits per heavy atom. The van der Waals surface area contributed by atoms with E-state index >= 15 is 0 Å². The van der Waals surface area contributed by atoms with E-state index in [1.165, 1.54) is 0 Å². The van der Waals surface area contributed by atoms with Gasteiger partial charge in [-0.25, -0.2) is 4.99 Å². The van der Waals surface area contributed by atoms with Crippen molar-refractivity contribution in [1.82, 2.24) is 16.0 Å². The van der Waals surface area contributed by atoms with Gasteiger partial charge in [-0.05, 0) is 33.8 Å². The van der Waals surface area contributed by atoms with Gasteiger partial charge in [0.1, 0.15) is 17.1 Å². The summed E-state index contributed by atoms with van der Waals surface area (Å²) >= 11 is 0. The molecule has 148 valence electrons. The van der Waals surface area contributed by atoms with Gasteiger partial charge in [-0.1, -0.05) is 20.8 Å². The number of nitrogens with zero attached hydrogens (tertiary/aromatic N) is 1. The number of guanidine groups is 1. The zero-order chi connectivity index (χ0) is 20.0. The normalized spacial score (nSPS) is 14.7. The lowest BCUT2D eigenvalue weighted by molar-refractivity contribution is -0.128. The summed E-state index contributed by atoms with van der Waals surface area (Å²) in [5.74, 6) is 2.07. The zero-order valence-electron chi connectivity index (χ0n) is 17.1. The van der Waals surface area contributed by atoms with Crippen molar-refractivity contribution in [3.63, 3.8) is 0 Å². The highest BCUT2D eigenvalue weighted by Gasteiger charge is 2.27. The summed E-state index contributed by atoms with van der Waals surface area (Å²) < 4.78 is 5.50. The average Bonchev–Trinajstić information content (AvgIpc) is 2.87. The van der Waals surface area contributed by atoms with Crippen molar-refractivity contribution < 1.29 is 14.3 Å². The first-order valence-electron chi connectivity index (χ1n) is 9.07. The van der Waals surface area contributed by atoms with Gasteiger partial charge in [-0.2, -0.15) is 0 Å². The van der Waals surface area contributed by atoms with Crippen LogP contribution in [0.5, 0.6) is 0 Å². The molecule has 0 aromatic carbocycles. The van der Waals surface area contributed by atoms with Gasteiger partial charge in [0.2, 0.25) is 5.91 Å². The molecule has 0 radical (unpaired) electrons. The van der Waals surface area contributed by atoms with Crippen LogP contribution < -0.4 is 16.0 Å². The fourth-order valence-corrected chi connectivity index (χ4v) is 2.45. The number of nitrogens with one attached hydrogen (secondary N) is 3. The van der Waals surface area contributed by atoms with Crippen LogP contribution >= 0.6 is 0 Å². The monoisotopic (exact) mass is 366 g/mol. The molecule has 0 saturated heterocycles. The highest BCUT2D eigenvalue weighted by molar-refractivity contribution is 5.81. The van der Waals surface area contributed by atoms with E-state index < -0.39 is 11.0 Å². The van der Waals surface area contributed by atoms with Crippen molar-refractivity contribution >= 4 is 11.9 Å². The number of amides is 1. The molecule has 1 rings (SSSR count). The Labute approximate surface area is 156 Å². The Bertz CT molecular complexity index is 627. The van der Waals surface area contributed by atoms with Crippen molar-refractivity contribution in [3.05, 3.63) is 23.2 Å². The molecule has 1 heterocycles. The van der Waals surface area contributed by atoms with Crippen molar-refractivity contribution in [2.24, 2.45) is 10.4 Å². The quantitative estimate of drug-likeness (QED) is 0.335. The van der Waals surface area contributed by atoms with Gasteiger partial charge in [-0.3, -0.25) is 4.79 Å². The summed E-state index contributed by atoms with van der Waals surface area (Å²) in [6.07, 6.45) is 0. The summed E-state index contributed by atoms with van der Waals surface area (Å²) in [4.78, 5) is 16.3. The van der Waals surface area contributed by atoms with Crippen molar-refractivity contribution in [1.29, 1.82) is 0 Å². The summed E-state index contributed by atoms with van der Waals surface area (Å²) in [5, 5.41) is 19.9. The first-order chi connectivity index (χ1) is 12.0. The van der Waals surface area contributed by atoms with Crippen LogP contribution in [0.25, 0.3) is 0 Å². The van der Waals surface area contributed by atoms with E-state index in [1.54, 1.807) is 6.92 Å². The van der Waals surface area contributed by atoms with Crippen LogP contribution in [0.3, 0.4) is 0 Å². The molecule has 1 atom stereocenters. The third-order valence-corrected chi connectivity index (χ3v) is 3.89. The molecule has 7 heteroatoms. The molecule has 0 aliphatic carbocycles. The fraction of sp³-hybridized carbons (Fsp3) is 0.684. The third-order valence-electron chi connectivity index (χ3n) is 3.89. The number of aliphatic imine (C=N–C) groups is 1. The fourth-order valence-electron chi connectivity index (χ4n) is 2.45. The largest absolute Gasteiger partial charge is 0.466 e. The molecular formula is C19H34N4O3. The highest BCUT2D eigenvalue weighted by Crippen LogP contribution is 2.27. The first kappa shape index (κ1) is 22.0. The number of aryl methyl sites for hydroxylation is 2. The van der Waals surface area contributed by atoms with Crippen LogP contribution in [-0.4, -0.2) is 43.2 Å². The Hall–Kier alpha value is -2.02. The summed E-state index contributed by atoms with van der Waals surface area (Å²) in [6.45, 7) is 14.9. The number of hydrogen-bond donors (Lipinski definition) is 4. The maximum absolute atomic E-state index is 11.9. The summed E-state index contributed by atoms with van der Waals surface area (Å²) in [6, 6.07) is 1.84. The van der Waals surface area contributed by atoms with E-state index in [1.807, 2.05) is 47.6 Å². The predicted molar refractivity (Wildman–Crippen MR) is 104 cm³/mol. The van der Waals surface area contributed by atoms with Crippen molar-refractivity contribution in [2.45, 2.75) is 54.1 Å². The van der Waals surface area contributed by atoms with Crippen molar-refractivity contribution in [3.8, 4) is 0 Å². The van der Waals surface area contributed by atoms with Crippen LogP contribution in [-0.2, 0) is 10.4 Å². The minimum atomic E-state index is -1.12. The molecule has 0 saturated carbocycles. The maximum atomic E-state index is 11.9. The molecule has 1 aromatic rings. The van der Waals surface area contributed by atoms with Gasteiger partial charge in [0, 0.05) is 30.6 Å². The molecule has 7 nitrogen and oxygen atoms in total. The maximum Gasteiger partial charge on any atom is 0.225 e. The molecule has 1 unspecified atom stereocenters. The van der Waals surface area contributed by atoms with Crippen LogP contribution in [0.2, 0.25) is 0 Å². The lowest BCUT2D eigenvalue weighted by atomic mass is 9.96. The third kappa shape index (κ3) is 6.71. The molecule has 4 N–H and O–H groups in total. The standard InChI is InChI=1S/C19H34N4O3/c1-8-20-17(22-10-9-21-16(24)18(4,5)6)23-12-19(7,25)15-11-13(2)26-14(15)3/h11,25H,8-10,12H2,1-7H3,(H,21,24)(H2,20,22,23). The van der Waals surface area contributed by atoms with Gasteiger partial charge in [-0.15, -0.1) is 0 Å². The number of aliphatic hydroxyl groups is 1. The molecule has 1 aromatic heterocycles. The average molecular weight is 367 g/mol. The van der Waals surface area contributed by atoms with E-state index in [4.69, 9.17) is 4.42 Å². The first-order valence-corrected chi connectivity index (χ1v) is 9.07. The van der Waals surface area contributed by atoms with Gasteiger partial charge in [0.05, 0.1) is 6.54 Å². The molecular weight excluding hydrogens is 332 g/mol. The van der Waals surface area contributed by atoms with E-state index in [-0.39, 0.29) is 12.5 Å². The second-order valence-electron chi connectivity index (χ2n) is 7.73. The topological polar surface area (TPSA) is 98.9 Å².